The molecule has 0 aromatic heterocycles. The van der Waals surface area contributed by atoms with E-state index in [1.54, 1.807) is 23.9 Å². The average molecular weight is 492 g/mol. The van der Waals surface area contributed by atoms with E-state index in [-0.39, 0.29) is 16.3 Å². The second-order valence-corrected chi connectivity index (χ2v) is 9.74. The maximum atomic E-state index is 13.4. The molecular formula is C26H22ClF4NS. The van der Waals surface area contributed by atoms with Gasteiger partial charge in [0.05, 0.1) is 10.6 Å². The van der Waals surface area contributed by atoms with Gasteiger partial charge in [0.2, 0.25) is 0 Å². The zero-order chi connectivity index (χ0) is 23.8. The van der Waals surface area contributed by atoms with E-state index in [1.807, 2.05) is 19.1 Å². The summed E-state index contributed by atoms with van der Waals surface area (Å²) in [4.78, 5) is 1.20. The van der Waals surface area contributed by atoms with Gasteiger partial charge in [-0.3, -0.25) is 0 Å². The molecule has 0 aliphatic carbocycles. The van der Waals surface area contributed by atoms with Crippen LogP contribution in [0.4, 0.5) is 17.6 Å². The molecule has 1 nitrogen and oxygen atoms in total. The van der Waals surface area contributed by atoms with Crippen molar-refractivity contribution in [3.8, 4) is 11.1 Å². The van der Waals surface area contributed by atoms with Crippen molar-refractivity contribution in [2.45, 2.75) is 31.8 Å². The van der Waals surface area contributed by atoms with Crippen LogP contribution in [0.15, 0.2) is 77.3 Å². The minimum atomic E-state index is -4.33. The summed E-state index contributed by atoms with van der Waals surface area (Å²) in [5.41, 5.74) is 4.21. The third-order valence-corrected chi connectivity index (χ3v) is 7.58. The third-order valence-electron chi connectivity index (χ3n) is 5.70. The lowest BCUT2D eigenvalue weighted by Gasteiger charge is -2.16. The summed E-state index contributed by atoms with van der Waals surface area (Å²) < 4.78 is 51.9. The van der Waals surface area contributed by atoms with E-state index < -0.39 is 17.6 Å². The molecule has 0 spiro atoms. The van der Waals surface area contributed by atoms with E-state index in [9.17, 15) is 17.6 Å². The van der Waals surface area contributed by atoms with Gasteiger partial charge in [0.25, 0.3) is 0 Å². The van der Waals surface area contributed by atoms with Gasteiger partial charge in [0.15, 0.2) is 0 Å². The largest absolute Gasteiger partial charge is 0.416 e. The first-order chi connectivity index (χ1) is 15.6. The summed E-state index contributed by atoms with van der Waals surface area (Å²) >= 11 is 7.55. The average Bonchev–Trinajstić information content (AvgIpc) is 3.17. The molecule has 1 aliphatic heterocycles. The summed E-state index contributed by atoms with van der Waals surface area (Å²) in [5, 5.41) is 3.40. The highest BCUT2D eigenvalue weighted by atomic mass is 35.5. The number of benzene rings is 3. The molecule has 0 bridgehead atoms. The molecule has 2 unspecified atom stereocenters. The Kier molecular flexibility index (Phi) is 6.78. The SMILES string of the molecule is CC1=C(C(C)Cc2ccc(-c3ccc(F)c(Cl)c3)cc2)SC(c2ccc(C(F)(F)F)cc2)N1. The van der Waals surface area contributed by atoms with Gasteiger partial charge in [-0.1, -0.05) is 72.8 Å². The molecule has 4 rings (SSSR count). The topological polar surface area (TPSA) is 12.0 Å². The first-order valence-corrected chi connectivity index (χ1v) is 11.7. The van der Waals surface area contributed by atoms with Gasteiger partial charge < -0.3 is 5.32 Å². The Morgan fingerprint density at radius 3 is 2.21 bits per heavy atom. The summed E-state index contributed by atoms with van der Waals surface area (Å²) in [6.45, 7) is 4.15. The molecule has 1 aliphatic rings. The predicted octanol–water partition coefficient (Wildman–Crippen LogP) is 8.61. The van der Waals surface area contributed by atoms with E-state index in [4.69, 9.17) is 11.6 Å². The maximum Gasteiger partial charge on any atom is 0.416 e. The van der Waals surface area contributed by atoms with Crippen LogP contribution in [-0.2, 0) is 12.6 Å². The summed E-state index contributed by atoms with van der Waals surface area (Å²) in [5.74, 6) is -0.195. The first-order valence-electron chi connectivity index (χ1n) is 10.5. The minimum Gasteiger partial charge on any atom is -0.372 e. The minimum absolute atomic E-state index is 0.0981. The fourth-order valence-electron chi connectivity index (χ4n) is 3.95. The molecule has 0 saturated carbocycles. The second-order valence-electron chi connectivity index (χ2n) is 8.18. The number of nitrogens with one attached hydrogen (secondary N) is 1. The molecule has 0 saturated heterocycles. The van der Waals surface area contributed by atoms with Gasteiger partial charge in [-0.2, -0.15) is 13.2 Å². The lowest BCUT2D eigenvalue weighted by Crippen LogP contribution is -2.12. The summed E-state index contributed by atoms with van der Waals surface area (Å²) in [6, 6.07) is 18.1. The van der Waals surface area contributed by atoms with Gasteiger partial charge in [-0.05, 0) is 65.8 Å². The van der Waals surface area contributed by atoms with Crippen LogP contribution in [0.3, 0.4) is 0 Å². The highest BCUT2D eigenvalue weighted by Gasteiger charge is 2.31. The Labute approximate surface area is 199 Å². The number of alkyl halides is 3. The highest BCUT2D eigenvalue weighted by Crippen LogP contribution is 2.45. The van der Waals surface area contributed by atoms with Crippen LogP contribution in [-0.4, -0.2) is 0 Å². The number of halogens is 5. The molecule has 7 heteroatoms. The monoisotopic (exact) mass is 491 g/mol. The van der Waals surface area contributed by atoms with E-state index in [1.165, 1.54) is 28.7 Å². The lowest BCUT2D eigenvalue weighted by atomic mass is 9.97. The molecule has 1 N–H and O–H groups in total. The predicted molar refractivity (Wildman–Crippen MR) is 127 cm³/mol. The van der Waals surface area contributed by atoms with Crippen molar-refractivity contribution in [2.75, 3.05) is 0 Å². The van der Waals surface area contributed by atoms with Crippen LogP contribution >= 0.6 is 23.4 Å². The molecule has 0 amide bonds. The fourth-order valence-corrected chi connectivity index (χ4v) is 5.47. The maximum absolute atomic E-state index is 13.4. The van der Waals surface area contributed by atoms with Crippen molar-refractivity contribution in [3.63, 3.8) is 0 Å². The second kappa shape index (κ2) is 9.43. The Morgan fingerprint density at radius 2 is 1.61 bits per heavy atom. The van der Waals surface area contributed by atoms with E-state index in [0.717, 1.165) is 40.9 Å². The third kappa shape index (κ3) is 5.39. The molecule has 1 heterocycles. The normalized spacial score (nSPS) is 17.2. The number of hydrogen-bond donors (Lipinski definition) is 1. The highest BCUT2D eigenvalue weighted by molar-refractivity contribution is 8.03. The van der Waals surface area contributed by atoms with Gasteiger partial charge in [0.1, 0.15) is 11.2 Å². The number of rotatable bonds is 5. The molecule has 2 atom stereocenters. The Morgan fingerprint density at radius 1 is 0.970 bits per heavy atom. The smallest absolute Gasteiger partial charge is 0.372 e. The number of hydrogen-bond acceptors (Lipinski definition) is 2. The standard InChI is InChI=1S/C26H22ClF4NS/c1-15(13-17-3-5-18(6-4-17)20-9-12-23(28)22(27)14-20)24-16(2)32-25(33-24)19-7-10-21(11-8-19)26(29,30)31/h3-12,14-15,25,32H,13H2,1-2H3. The van der Waals surface area contributed by atoms with Crippen LogP contribution in [0.2, 0.25) is 5.02 Å². The number of allylic oxidation sites excluding steroid dienone is 2. The molecule has 3 aromatic carbocycles. The van der Waals surface area contributed by atoms with Crippen LogP contribution in [0, 0.1) is 11.7 Å². The van der Waals surface area contributed by atoms with Crippen LogP contribution in [0.1, 0.15) is 35.9 Å². The van der Waals surface area contributed by atoms with Crippen LogP contribution in [0.25, 0.3) is 11.1 Å². The zero-order valence-corrected chi connectivity index (χ0v) is 19.6. The molecule has 0 fully saturated rings. The van der Waals surface area contributed by atoms with Crippen molar-refractivity contribution in [1.29, 1.82) is 0 Å². The zero-order valence-electron chi connectivity index (χ0n) is 18.0. The van der Waals surface area contributed by atoms with Crippen molar-refractivity contribution in [3.05, 3.63) is 105 Å². The van der Waals surface area contributed by atoms with Gasteiger partial charge in [-0.25, -0.2) is 4.39 Å². The lowest BCUT2D eigenvalue weighted by molar-refractivity contribution is -0.137. The van der Waals surface area contributed by atoms with E-state index >= 15 is 0 Å². The molecule has 172 valence electrons. The Bertz CT molecular complexity index is 1170. The fraction of sp³-hybridized carbons (Fsp3) is 0.231. The van der Waals surface area contributed by atoms with Crippen molar-refractivity contribution in [2.24, 2.45) is 5.92 Å². The molecule has 33 heavy (non-hydrogen) atoms. The van der Waals surface area contributed by atoms with Crippen molar-refractivity contribution >= 4 is 23.4 Å². The molecule has 3 aromatic rings. The van der Waals surface area contributed by atoms with E-state index in [0.29, 0.717) is 0 Å². The van der Waals surface area contributed by atoms with Gasteiger partial charge >= 0.3 is 6.18 Å². The number of thioether (sulfide) groups is 1. The van der Waals surface area contributed by atoms with Crippen molar-refractivity contribution in [1.82, 2.24) is 5.32 Å². The summed E-state index contributed by atoms with van der Waals surface area (Å²) in [6.07, 6.45) is -3.51. The summed E-state index contributed by atoms with van der Waals surface area (Å²) in [7, 11) is 0. The van der Waals surface area contributed by atoms with Gasteiger partial charge in [-0.15, -0.1) is 0 Å². The Hall–Kier alpha value is -2.44. The van der Waals surface area contributed by atoms with Crippen LogP contribution in [0.5, 0.6) is 0 Å². The molecular weight excluding hydrogens is 470 g/mol. The Balaban J connectivity index is 1.41. The van der Waals surface area contributed by atoms with Crippen LogP contribution < -0.4 is 5.32 Å². The molecule has 0 radical (unpaired) electrons. The quantitative estimate of drug-likeness (QED) is 0.358. The van der Waals surface area contributed by atoms with Crippen molar-refractivity contribution < 1.29 is 17.6 Å². The van der Waals surface area contributed by atoms with E-state index in [2.05, 4.69) is 24.4 Å². The first kappa shape index (κ1) is 23.7. The van der Waals surface area contributed by atoms with Gasteiger partial charge in [0, 0.05) is 10.6 Å².